The second kappa shape index (κ2) is 5.79. The maximum absolute atomic E-state index is 11.6. The van der Waals surface area contributed by atoms with Crippen molar-refractivity contribution in [2.45, 2.75) is 13.3 Å². The fourth-order valence-electron chi connectivity index (χ4n) is 1.34. The van der Waals surface area contributed by atoms with Crippen LogP contribution < -0.4 is 5.32 Å². The summed E-state index contributed by atoms with van der Waals surface area (Å²) in [5, 5.41) is 2.56. The monoisotopic (exact) mass is 256 g/mol. The van der Waals surface area contributed by atoms with Gasteiger partial charge in [-0.3, -0.25) is 4.79 Å². The molecule has 1 amide bonds. The molecule has 0 aliphatic rings. The number of carbonyl (C=O) groups excluding carboxylic acids is 1. The third kappa shape index (κ3) is 5.46. The Hall–Kier alpha value is -1.40. The van der Waals surface area contributed by atoms with Crippen LogP contribution in [0.25, 0.3) is 0 Å². The molecule has 0 heterocycles. The summed E-state index contributed by atoms with van der Waals surface area (Å²) >= 11 is 0. The minimum atomic E-state index is -4.19. The van der Waals surface area contributed by atoms with Crippen LogP contribution in [0.5, 0.6) is 0 Å². The molecule has 0 saturated carbocycles. The van der Waals surface area contributed by atoms with E-state index in [2.05, 4.69) is 5.32 Å². The molecular formula is C11H14NO4S-. The standard InChI is InChI=1S/C11H15NO4S/c1-9-4-2-5-10(8-9)11(13)12-6-3-7-17(14,15)16/h2,4-5,8H,3,6-7H2,1H3,(H,12,13)(H,14,15,16)/p-1. The highest BCUT2D eigenvalue weighted by atomic mass is 32.2. The predicted molar refractivity (Wildman–Crippen MR) is 62.7 cm³/mol. The fraction of sp³-hybridized carbons (Fsp3) is 0.364. The Balaban J connectivity index is 2.41. The predicted octanol–water partition coefficient (Wildman–Crippen LogP) is 0.660. The van der Waals surface area contributed by atoms with E-state index in [-0.39, 0.29) is 18.9 Å². The van der Waals surface area contributed by atoms with E-state index in [1.807, 2.05) is 13.0 Å². The molecule has 1 aromatic carbocycles. The van der Waals surface area contributed by atoms with E-state index in [1.54, 1.807) is 18.2 Å². The van der Waals surface area contributed by atoms with Gasteiger partial charge >= 0.3 is 0 Å². The van der Waals surface area contributed by atoms with Crippen molar-refractivity contribution in [3.05, 3.63) is 35.4 Å². The minimum absolute atomic E-state index is 0.128. The molecule has 5 nitrogen and oxygen atoms in total. The van der Waals surface area contributed by atoms with Gasteiger partial charge in [0.25, 0.3) is 5.91 Å². The Morgan fingerprint density at radius 1 is 1.41 bits per heavy atom. The molecule has 0 atom stereocenters. The summed E-state index contributed by atoms with van der Waals surface area (Å²) in [4.78, 5) is 11.6. The SMILES string of the molecule is Cc1cccc(C(=O)NCCCS(=O)(=O)[O-])c1. The Morgan fingerprint density at radius 2 is 2.12 bits per heavy atom. The summed E-state index contributed by atoms with van der Waals surface area (Å²) < 4.78 is 31.0. The highest BCUT2D eigenvalue weighted by Crippen LogP contribution is 2.03. The number of benzene rings is 1. The first-order valence-corrected chi connectivity index (χ1v) is 6.75. The number of nitrogens with one attached hydrogen (secondary N) is 1. The number of carbonyl (C=O) groups is 1. The van der Waals surface area contributed by atoms with Crippen molar-refractivity contribution in [2.24, 2.45) is 0 Å². The Morgan fingerprint density at radius 3 is 2.71 bits per heavy atom. The average Bonchev–Trinajstić information content (AvgIpc) is 2.23. The van der Waals surface area contributed by atoms with Crippen molar-refractivity contribution < 1.29 is 17.8 Å². The number of hydrogen-bond donors (Lipinski definition) is 1. The molecule has 0 fully saturated rings. The van der Waals surface area contributed by atoms with E-state index < -0.39 is 15.9 Å². The van der Waals surface area contributed by atoms with Gasteiger partial charge in [-0.1, -0.05) is 17.7 Å². The van der Waals surface area contributed by atoms with E-state index in [4.69, 9.17) is 0 Å². The molecule has 0 radical (unpaired) electrons. The maximum atomic E-state index is 11.6. The number of amides is 1. The lowest BCUT2D eigenvalue weighted by molar-refractivity contribution is 0.0953. The first-order chi connectivity index (χ1) is 7.88. The molecule has 1 N–H and O–H groups in total. The Kier molecular flexibility index (Phi) is 4.65. The van der Waals surface area contributed by atoms with Gasteiger partial charge in [-0.25, -0.2) is 8.42 Å². The Labute approximate surface area is 101 Å². The van der Waals surface area contributed by atoms with Crippen molar-refractivity contribution in [3.8, 4) is 0 Å². The number of aryl methyl sites for hydroxylation is 1. The summed E-state index contributed by atoms with van der Waals surface area (Å²) in [7, 11) is -4.19. The summed E-state index contributed by atoms with van der Waals surface area (Å²) in [6.07, 6.45) is 0.128. The van der Waals surface area contributed by atoms with Crippen molar-refractivity contribution >= 4 is 16.0 Å². The third-order valence-corrected chi connectivity index (χ3v) is 2.93. The second-order valence-corrected chi connectivity index (χ2v) is 5.26. The maximum Gasteiger partial charge on any atom is 0.251 e. The highest BCUT2D eigenvalue weighted by molar-refractivity contribution is 7.85. The second-order valence-electron chi connectivity index (χ2n) is 3.74. The van der Waals surface area contributed by atoms with Crippen LogP contribution in [0, 0.1) is 6.92 Å². The van der Waals surface area contributed by atoms with Crippen molar-refractivity contribution in [1.82, 2.24) is 5.32 Å². The van der Waals surface area contributed by atoms with Crippen LogP contribution in [0.4, 0.5) is 0 Å². The summed E-state index contributed by atoms with van der Waals surface area (Å²) in [6, 6.07) is 7.06. The Bertz CT molecular complexity index is 496. The zero-order chi connectivity index (χ0) is 12.9. The average molecular weight is 256 g/mol. The van der Waals surface area contributed by atoms with Gasteiger partial charge in [0.05, 0.1) is 10.1 Å². The first-order valence-electron chi connectivity index (χ1n) is 5.17. The van der Waals surface area contributed by atoms with E-state index in [0.717, 1.165) is 5.56 Å². The molecular weight excluding hydrogens is 242 g/mol. The lowest BCUT2D eigenvalue weighted by Gasteiger charge is -2.08. The normalized spacial score (nSPS) is 11.2. The first kappa shape index (κ1) is 13.7. The quantitative estimate of drug-likeness (QED) is 0.619. The molecule has 0 aliphatic heterocycles. The molecule has 0 saturated heterocycles. The van der Waals surface area contributed by atoms with Crippen molar-refractivity contribution in [3.63, 3.8) is 0 Å². The van der Waals surface area contributed by atoms with Gasteiger partial charge in [0.2, 0.25) is 0 Å². The van der Waals surface area contributed by atoms with E-state index in [1.165, 1.54) is 0 Å². The zero-order valence-electron chi connectivity index (χ0n) is 9.47. The zero-order valence-corrected chi connectivity index (χ0v) is 10.3. The molecule has 1 aromatic rings. The van der Waals surface area contributed by atoms with Crippen LogP contribution in [-0.4, -0.2) is 31.2 Å². The largest absolute Gasteiger partial charge is 0.748 e. The van der Waals surface area contributed by atoms with Gasteiger partial charge in [0.1, 0.15) is 0 Å². The van der Waals surface area contributed by atoms with Crippen LogP contribution in [0.3, 0.4) is 0 Å². The van der Waals surface area contributed by atoms with Gasteiger partial charge in [0, 0.05) is 17.9 Å². The van der Waals surface area contributed by atoms with Crippen molar-refractivity contribution in [1.29, 1.82) is 0 Å². The van der Waals surface area contributed by atoms with Crippen molar-refractivity contribution in [2.75, 3.05) is 12.3 Å². The van der Waals surface area contributed by atoms with Gasteiger partial charge in [-0.05, 0) is 25.5 Å². The van der Waals surface area contributed by atoms with Gasteiger partial charge in [0.15, 0.2) is 0 Å². The summed E-state index contributed by atoms with van der Waals surface area (Å²) in [5.74, 6) is -0.724. The summed E-state index contributed by atoms with van der Waals surface area (Å²) in [6.45, 7) is 2.05. The van der Waals surface area contributed by atoms with Gasteiger partial charge in [-0.15, -0.1) is 0 Å². The van der Waals surface area contributed by atoms with Gasteiger partial charge < -0.3 is 9.87 Å². The smallest absolute Gasteiger partial charge is 0.251 e. The molecule has 0 bridgehead atoms. The lowest BCUT2D eigenvalue weighted by Crippen LogP contribution is -2.25. The molecule has 0 aliphatic carbocycles. The molecule has 0 unspecified atom stereocenters. The van der Waals surface area contributed by atoms with Crippen LogP contribution in [0.1, 0.15) is 22.3 Å². The number of rotatable bonds is 5. The number of hydrogen-bond acceptors (Lipinski definition) is 4. The van der Waals surface area contributed by atoms with E-state index in [9.17, 15) is 17.8 Å². The van der Waals surface area contributed by atoms with Crippen LogP contribution in [-0.2, 0) is 10.1 Å². The van der Waals surface area contributed by atoms with Crippen LogP contribution in [0.15, 0.2) is 24.3 Å². The molecule has 17 heavy (non-hydrogen) atoms. The molecule has 1 rings (SSSR count). The molecule has 6 heteroatoms. The summed E-state index contributed by atoms with van der Waals surface area (Å²) in [5.41, 5.74) is 1.50. The van der Waals surface area contributed by atoms with Crippen LogP contribution in [0.2, 0.25) is 0 Å². The third-order valence-electron chi connectivity index (χ3n) is 2.14. The molecule has 0 spiro atoms. The fourth-order valence-corrected chi connectivity index (χ4v) is 1.84. The topological polar surface area (TPSA) is 86.3 Å². The minimum Gasteiger partial charge on any atom is -0.748 e. The molecule has 94 valence electrons. The van der Waals surface area contributed by atoms with E-state index in [0.29, 0.717) is 5.56 Å². The van der Waals surface area contributed by atoms with E-state index >= 15 is 0 Å². The highest BCUT2D eigenvalue weighted by Gasteiger charge is 2.04. The van der Waals surface area contributed by atoms with Crippen LogP contribution >= 0.6 is 0 Å². The molecule has 0 aromatic heterocycles. The van der Waals surface area contributed by atoms with Gasteiger partial charge in [-0.2, -0.15) is 0 Å². The lowest BCUT2D eigenvalue weighted by atomic mass is 10.1.